The fourth-order valence-corrected chi connectivity index (χ4v) is 5.00. The molecule has 1 unspecified atom stereocenters. The summed E-state index contributed by atoms with van der Waals surface area (Å²) in [4.78, 5) is 10.1. The number of nitrogens with one attached hydrogen (secondary N) is 2. The van der Waals surface area contributed by atoms with Crippen LogP contribution in [0.1, 0.15) is 39.0 Å². The molecule has 2 N–H and O–H groups in total. The van der Waals surface area contributed by atoms with E-state index < -0.39 is 0 Å². The normalized spacial score (nSPS) is 25.7. The summed E-state index contributed by atoms with van der Waals surface area (Å²) in [5, 5.41) is 10.7. The first kappa shape index (κ1) is 18.1. The van der Waals surface area contributed by atoms with E-state index in [9.17, 15) is 0 Å². The first-order chi connectivity index (χ1) is 12.8. The number of nitrogens with zero attached hydrogens (tertiary/aromatic N) is 3. The topological polar surface area (TPSA) is 42.9 Å². The predicted molar refractivity (Wildman–Crippen MR) is 111 cm³/mol. The van der Waals surface area contributed by atoms with Crippen LogP contribution < -0.4 is 15.5 Å². The van der Waals surface area contributed by atoms with Crippen molar-refractivity contribution in [1.82, 2.24) is 15.5 Å². The molecule has 1 aliphatic carbocycles. The lowest BCUT2D eigenvalue weighted by Gasteiger charge is -2.33. The molecule has 6 heteroatoms. The van der Waals surface area contributed by atoms with Crippen molar-refractivity contribution in [2.24, 2.45) is 10.9 Å². The number of likely N-dealkylation sites (tertiary alicyclic amines) is 1. The molecule has 1 atom stereocenters. The Morgan fingerprint density at radius 3 is 2.73 bits per heavy atom. The van der Waals surface area contributed by atoms with E-state index in [0.717, 1.165) is 44.1 Å². The standard InChI is InChI=1S/C20H33N5S/c1-2-21-20(22-14-16-7-10-25(15-16)18-5-6-18)23-17-8-11-24(12-9-17)19-4-3-13-26-19/h3-4,13,16-18H,2,5-12,14-15H2,1H3,(H2,21,22,23). The summed E-state index contributed by atoms with van der Waals surface area (Å²) >= 11 is 1.85. The molecule has 0 amide bonds. The number of aliphatic imine (C=N–C) groups is 1. The summed E-state index contributed by atoms with van der Waals surface area (Å²) in [6.07, 6.45) is 6.52. The van der Waals surface area contributed by atoms with Gasteiger partial charge in [0.15, 0.2) is 5.96 Å². The van der Waals surface area contributed by atoms with Gasteiger partial charge in [-0.3, -0.25) is 4.99 Å². The summed E-state index contributed by atoms with van der Waals surface area (Å²) < 4.78 is 0. The van der Waals surface area contributed by atoms with Crippen LogP contribution >= 0.6 is 11.3 Å². The largest absolute Gasteiger partial charge is 0.363 e. The number of hydrogen-bond donors (Lipinski definition) is 2. The molecule has 0 aromatic carbocycles. The molecule has 0 radical (unpaired) electrons. The van der Waals surface area contributed by atoms with Gasteiger partial charge in [-0.2, -0.15) is 0 Å². The fraction of sp³-hybridized carbons (Fsp3) is 0.750. The Balaban J connectivity index is 1.24. The van der Waals surface area contributed by atoms with E-state index in [2.05, 4.69) is 44.9 Å². The highest BCUT2D eigenvalue weighted by atomic mass is 32.1. The third-order valence-electron chi connectivity index (χ3n) is 5.89. The zero-order valence-corrected chi connectivity index (χ0v) is 16.8. The lowest BCUT2D eigenvalue weighted by Crippen LogP contribution is -2.48. The van der Waals surface area contributed by atoms with Gasteiger partial charge in [-0.25, -0.2) is 0 Å². The fourth-order valence-electron chi connectivity index (χ4n) is 4.21. The molecule has 1 aromatic rings. The van der Waals surface area contributed by atoms with E-state index in [1.165, 1.54) is 50.2 Å². The van der Waals surface area contributed by atoms with E-state index in [-0.39, 0.29) is 0 Å². The molecule has 144 valence electrons. The van der Waals surface area contributed by atoms with Gasteiger partial charge in [-0.05, 0) is 69.0 Å². The van der Waals surface area contributed by atoms with Crippen molar-refractivity contribution in [1.29, 1.82) is 0 Å². The number of thiophene rings is 1. The molecule has 4 rings (SSSR count). The minimum atomic E-state index is 0.538. The number of hydrogen-bond acceptors (Lipinski definition) is 4. The molecule has 1 saturated carbocycles. The minimum Gasteiger partial charge on any atom is -0.363 e. The van der Waals surface area contributed by atoms with Gasteiger partial charge < -0.3 is 20.4 Å². The highest BCUT2D eigenvalue weighted by Gasteiger charge is 2.34. The molecule has 2 saturated heterocycles. The Kier molecular flexibility index (Phi) is 6.00. The molecular formula is C20H33N5S. The molecule has 3 heterocycles. The van der Waals surface area contributed by atoms with E-state index in [0.29, 0.717) is 6.04 Å². The second kappa shape index (κ2) is 8.61. The minimum absolute atomic E-state index is 0.538. The Morgan fingerprint density at radius 2 is 2.04 bits per heavy atom. The zero-order chi connectivity index (χ0) is 17.8. The summed E-state index contributed by atoms with van der Waals surface area (Å²) in [5.74, 6) is 1.76. The number of anilines is 1. The second-order valence-corrected chi connectivity index (χ2v) is 8.88. The van der Waals surface area contributed by atoms with Gasteiger partial charge in [0.05, 0.1) is 5.00 Å². The van der Waals surface area contributed by atoms with Crippen molar-refractivity contribution in [3.8, 4) is 0 Å². The SMILES string of the molecule is CCNC(=NCC1CCN(C2CC2)C1)NC1CCN(c2cccs2)CC1. The summed E-state index contributed by atoms with van der Waals surface area (Å²) in [7, 11) is 0. The molecular weight excluding hydrogens is 342 g/mol. The van der Waals surface area contributed by atoms with Crippen LogP contribution in [0, 0.1) is 5.92 Å². The van der Waals surface area contributed by atoms with Crippen LogP contribution in [-0.2, 0) is 0 Å². The lowest BCUT2D eigenvalue weighted by atomic mass is 10.1. The van der Waals surface area contributed by atoms with Crippen molar-refractivity contribution in [3.63, 3.8) is 0 Å². The maximum absolute atomic E-state index is 4.93. The maximum atomic E-state index is 4.93. The van der Waals surface area contributed by atoms with Crippen LogP contribution in [0.15, 0.2) is 22.5 Å². The number of piperidine rings is 1. The molecule has 0 spiro atoms. The van der Waals surface area contributed by atoms with Gasteiger partial charge in [0.2, 0.25) is 0 Å². The Hall–Kier alpha value is -1.27. The number of rotatable bonds is 6. The van der Waals surface area contributed by atoms with Gasteiger partial charge in [0, 0.05) is 44.8 Å². The van der Waals surface area contributed by atoms with Crippen molar-refractivity contribution < 1.29 is 0 Å². The van der Waals surface area contributed by atoms with Gasteiger partial charge in [0.25, 0.3) is 0 Å². The third kappa shape index (κ3) is 4.71. The average molecular weight is 376 g/mol. The molecule has 3 aliphatic rings. The first-order valence-corrected chi connectivity index (χ1v) is 11.3. The van der Waals surface area contributed by atoms with E-state index in [4.69, 9.17) is 4.99 Å². The van der Waals surface area contributed by atoms with E-state index >= 15 is 0 Å². The van der Waals surface area contributed by atoms with Gasteiger partial charge in [-0.15, -0.1) is 11.3 Å². The maximum Gasteiger partial charge on any atom is 0.191 e. The van der Waals surface area contributed by atoms with Crippen LogP contribution in [0.5, 0.6) is 0 Å². The highest BCUT2D eigenvalue weighted by Crippen LogP contribution is 2.31. The van der Waals surface area contributed by atoms with Crippen molar-refractivity contribution in [2.75, 3.05) is 44.2 Å². The summed E-state index contributed by atoms with van der Waals surface area (Å²) in [6.45, 7) is 8.86. The van der Waals surface area contributed by atoms with Crippen LogP contribution in [0.3, 0.4) is 0 Å². The Bertz CT molecular complexity index is 575. The van der Waals surface area contributed by atoms with Crippen molar-refractivity contribution in [2.45, 2.75) is 51.1 Å². The number of guanidine groups is 1. The van der Waals surface area contributed by atoms with Crippen molar-refractivity contribution in [3.05, 3.63) is 17.5 Å². The second-order valence-electron chi connectivity index (χ2n) is 7.96. The zero-order valence-electron chi connectivity index (χ0n) is 16.0. The predicted octanol–water partition coefficient (Wildman–Crippen LogP) is 2.76. The molecule has 2 aliphatic heterocycles. The van der Waals surface area contributed by atoms with Crippen LogP contribution in [0.2, 0.25) is 0 Å². The molecule has 1 aromatic heterocycles. The van der Waals surface area contributed by atoms with Crippen LogP contribution in [0.25, 0.3) is 0 Å². The third-order valence-corrected chi connectivity index (χ3v) is 6.81. The molecule has 26 heavy (non-hydrogen) atoms. The Labute approximate surface area is 161 Å². The quantitative estimate of drug-likeness (QED) is 0.593. The lowest BCUT2D eigenvalue weighted by molar-refractivity contribution is 0.315. The summed E-state index contributed by atoms with van der Waals surface area (Å²) in [6, 6.07) is 5.82. The van der Waals surface area contributed by atoms with Crippen LogP contribution in [0.4, 0.5) is 5.00 Å². The van der Waals surface area contributed by atoms with Crippen LogP contribution in [-0.4, -0.2) is 62.2 Å². The first-order valence-electron chi connectivity index (χ1n) is 10.4. The molecule has 5 nitrogen and oxygen atoms in total. The van der Waals surface area contributed by atoms with E-state index in [1.807, 2.05) is 11.3 Å². The van der Waals surface area contributed by atoms with Crippen molar-refractivity contribution >= 4 is 22.3 Å². The summed E-state index contributed by atoms with van der Waals surface area (Å²) in [5.41, 5.74) is 0. The highest BCUT2D eigenvalue weighted by molar-refractivity contribution is 7.14. The monoisotopic (exact) mass is 375 g/mol. The van der Waals surface area contributed by atoms with E-state index in [1.54, 1.807) is 0 Å². The smallest absolute Gasteiger partial charge is 0.191 e. The average Bonchev–Trinajstić information content (AvgIpc) is 3.17. The van der Waals surface area contributed by atoms with Gasteiger partial charge in [0.1, 0.15) is 0 Å². The molecule has 0 bridgehead atoms. The van der Waals surface area contributed by atoms with Gasteiger partial charge in [-0.1, -0.05) is 0 Å². The Morgan fingerprint density at radius 1 is 1.19 bits per heavy atom. The van der Waals surface area contributed by atoms with Gasteiger partial charge >= 0.3 is 0 Å². The molecule has 3 fully saturated rings.